The van der Waals surface area contributed by atoms with Crippen molar-refractivity contribution in [2.24, 2.45) is 0 Å². The summed E-state index contributed by atoms with van der Waals surface area (Å²) in [6.07, 6.45) is 3.84. The quantitative estimate of drug-likeness (QED) is 0.598. The van der Waals surface area contributed by atoms with Crippen molar-refractivity contribution in [1.82, 2.24) is 19.7 Å². The van der Waals surface area contributed by atoms with Gasteiger partial charge in [0.25, 0.3) is 0 Å². The van der Waals surface area contributed by atoms with Crippen LogP contribution in [-0.2, 0) is 4.79 Å². The van der Waals surface area contributed by atoms with Crippen molar-refractivity contribution >= 4 is 29.0 Å². The van der Waals surface area contributed by atoms with Crippen molar-refractivity contribution < 1.29 is 4.79 Å². The van der Waals surface area contributed by atoms with Gasteiger partial charge in [-0.25, -0.2) is 0 Å². The van der Waals surface area contributed by atoms with Crippen molar-refractivity contribution in [2.45, 2.75) is 37.9 Å². The van der Waals surface area contributed by atoms with Crippen LogP contribution in [0.5, 0.6) is 0 Å². The summed E-state index contributed by atoms with van der Waals surface area (Å²) in [5, 5.41) is 11.1. The molecular weight excluding hydrogens is 376 g/mol. The Bertz CT molecular complexity index is 935. The maximum atomic E-state index is 12.9. The predicted molar refractivity (Wildman–Crippen MR) is 110 cm³/mol. The molecule has 1 fully saturated rings. The van der Waals surface area contributed by atoms with Gasteiger partial charge in [0.1, 0.15) is 6.33 Å². The molecule has 1 amide bonds. The van der Waals surface area contributed by atoms with E-state index >= 15 is 0 Å². The summed E-state index contributed by atoms with van der Waals surface area (Å²) < 4.78 is 1.97. The van der Waals surface area contributed by atoms with Crippen molar-refractivity contribution in [3.05, 3.63) is 58.0 Å². The van der Waals surface area contributed by atoms with E-state index in [0.717, 1.165) is 30.2 Å². The molecule has 1 aliphatic heterocycles. The highest BCUT2D eigenvalue weighted by Crippen LogP contribution is 2.35. The Hall–Kier alpha value is -2.12. The van der Waals surface area contributed by atoms with Crippen LogP contribution in [0.25, 0.3) is 5.69 Å². The lowest BCUT2D eigenvalue weighted by atomic mass is 10.1. The van der Waals surface area contributed by atoms with Crippen LogP contribution in [0.15, 0.2) is 47.2 Å². The summed E-state index contributed by atoms with van der Waals surface area (Å²) in [5.74, 6) is 0.553. The van der Waals surface area contributed by atoms with E-state index in [1.165, 1.54) is 27.8 Å². The fourth-order valence-electron chi connectivity index (χ4n) is 3.61. The van der Waals surface area contributed by atoms with Gasteiger partial charge < -0.3 is 4.90 Å². The minimum absolute atomic E-state index is 0.172. The van der Waals surface area contributed by atoms with Gasteiger partial charge in [0.2, 0.25) is 5.91 Å². The molecule has 1 aliphatic rings. The Morgan fingerprint density at radius 3 is 3.00 bits per heavy atom. The number of hydrogen-bond acceptors (Lipinski definition) is 5. The third-order valence-corrected chi connectivity index (χ3v) is 6.80. The van der Waals surface area contributed by atoms with Gasteiger partial charge in [-0.15, -0.1) is 21.5 Å². The Balaban J connectivity index is 1.47. The molecule has 0 saturated carbocycles. The molecule has 27 heavy (non-hydrogen) atoms. The van der Waals surface area contributed by atoms with Gasteiger partial charge in [-0.05, 0) is 49.8 Å². The Labute approximate surface area is 167 Å². The van der Waals surface area contributed by atoms with Crippen LogP contribution in [0.3, 0.4) is 0 Å². The second kappa shape index (κ2) is 7.86. The number of rotatable bonds is 5. The number of amides is 1. The third kappa shape index (κ3) is 3.80. The first-order chi connectivity index (χ1) is 13.1. The lowest BCUT2D eigenvalue weighted by Gasteiger charge is -2.23. The summed E-state index contributed by atoms with van der Waals surface area (Å²) >= 11 is 3.19. The monoisotopic (exact) mass is 398 g/mol. The van der Waals surface area contributed by atoms with Crippen molar-refractivity contribution in [1.29, 1.82) is 0 Å². The molecule has 0 bridgehead atoms. The summed E-state index contributed by atoms with van der Waals surface area (Å²) in [6, 6.07) is 10.7. The number of thioether (sulfide) groups is 1. The van der Waals surface area contributed by atoms with Crippen LogP contribution >= 0.6 is 23.1 Å². The maximum Gasteiger partial charge on any atom is 0.233 e. The first-order valence-corrected chi connectivity index (χ1v) is 10.9. The summed E-state index contributed by atoms with van der Waals surface area (Å²) in [5.41, 5.74) is 3.45. The van der Waals surface area contributed by atoms with Gasteiger partial charge in [-0.3, -0.25) is 9.36 Å². The molecule has 0 radical (unpaired) electrons. The van der Waals surface area contributed by atoms with Gasteiger partial charge in [-0.2, -0.15) is 0 Å². The zero-order valence-corrected chi connectivity index (χ0v) is 17.1. The average molecular weight is 399 g/mol. The number of carbonyl (C=O) groups is 1. The molecular formula is C20H22N4OS2. The van der Waals surface area contributed by atoms with Crippen LogP contribution in [0.2, 0.25) is 0 Å². The summed E-state index contributed by atoms with van der Waals surface area (Å²) in [4.78, 5) is 16.2. The number of nitrogens with zero attached hydrogens (tertiary/aromatic N) is 4. The largest absolute Gasteiger partial charge is 0.334 e. The molecule has 1 unspecified atom stereocenters. The van der Waals surface area contributed by atoms with E-state index in [1.54, 1.807) is 17.7 Å². The molecule has 7 heteroatoms. The van der Waals surface area contributed by atoms with Crippen molar-refractivity contribution in [2.75, 3.05) is 12.3 Å². The number of benzene rings is 1. The Kier molecular flexibility index (Phi) is 5.31. The number of thiophene rings is 1. The topological polar surface area (TPSA) is 51.0 Å². The van der Waals surface area contributed by atoms with Crippen molar-refractivity contribution in [3.63, 3.8) is 0 Å². The first kappa shape index (κ1) is 18.3. The zero-order valence-electron chi connectivity index (χ0n) is 15.5. The maximum absolute atomic E-state index is 12.9. The smallest absolute Gasteiger partial charge is 0.233 e. The molecule has 0 N–H and O–H groups in total. The van der Waals surface area contributed by atoms with Gasteiger partial charge in [0.05, 0.1) is 17.5 Å². The standard InChI is InChI=1S/C20H22N4OS2/c1-14-7-8-16(15(2)11-14)24-13-21-22-20(24)27-12-19(25)23-9-3-5-17(23)18-6-4-10-26-18/h4,6-8,10-11,13,17H,3,5,9,12H2,1-2H3. The fraction of sp³-hybridized carbons (Fsp3) is 0.350. The molecule has 140 valence electrons. The lowest BCUT2D eigenvalue weighted by Crippen LogP contribution is -2.31. The van der Waals surface area contributed by atoms with Crippen LogP contribution < -0.4 is 0 Å². The second-order valence-electron chi connectivity index (χ2n) is 6.82. The predicted octanol–water partition coefficient (Wildman–Crippen LogP) is 4.40. The number of aromatic nitrogens is 3. The lowest BCUT2D eigenvalue weighted by molar-refractivity contribution is -0.129. The molecule has 4 rings (SSSR count). The van der Waals surface area contributed by atoms with Crippen LogP contribution in [0.4, 0.5) is 0 Å². The normalized spacial score (nSPS) is 16.8. The Morgan fingerprint density at radius 1 is 1.33 bits per heavy atom. The Morgan fingerprint density at radius 2 is 2.22 bits per heavy atom. The third-order valence-electron chi connectivity index (χ3n) is 4.90. The van der Waals surface area contributed by atoms with Crippen LogP contribution in [-0.4, -0.2) is 37.9 Å². The highest BCUT2D eigenvalue weighted by molar-refractivity contribution is 7.99. The van der Waals surface area contributed by atoms with E-state index in [2.05, 4.69) is 59.8 Å². The number of hydrogen-bond donors (Lipinski definition) is 0. The minimum atomic E-state index is 0.172. The summed E-state index contributed by atoms with van der Waals surface area (Å²) in [6.45, 7) is 5.00. The highest BCUT2D eigenvalue weighted by Gasteiger charge is 2.30. The molecule has 5 nitrogen and oxygen atoms in total. The molecule has 1 atom stereocenters. The van der Waals surface area contributed by atoms with Crippen molar-refractivity contribution in [3.8, 4) is 5.69 Å². The zero-order chi connectivity index (χ0) is 18.8. The molecule has 3 aromatic rings. The molecule has 2 aromatic heterocycles. The van der Waals surface area contributed by atoms with E-state index in [-0.39, 0.29) is 11.9 Å². The molecule has 1 saturated heterocycles. The van der Waals surface area contributed by atoms with E-state index in [9.17, 15) is 4.79 Å². The van der Waals surface area contributed by atoms with E-state index < -0.39 is 0 Å². The van der Waals surface area contributed by atoms with Crippen LogP contribution in [0.1, 0.15) is 34.9 Å². The minimum Gasteiger partial charge on any atom is -0.334 e. The number of aryl methyl sites for hydroxylation is 2. The molecule has 0 spiro atoms. The van der Waals surface area contributed by atoms with Gasteiger partial charge >= 0.3 is 0 Å². The number of likely N-dealkylation sites (tertiary alicyclic amines) is 1. The SMILES string of the molecule is Cc1ccc(-n2cnnc2SCC(=O)N2CCCC2c2cccs2)c(C)c1. The summed E-state index contributed by atoms with van der Waals surface area (Å²) in [7, 11) is 0. The first-order valence-electron chi connectivity index (χ1n) is 9.07. The van der Waals surface area contributed by atoms with E-state index in [1.807, 2.05) is 9.47 Å². The fourth-order valence-corrected chi connectivity index (χ4v) is 5.30. The average Bonchev–Trinajstić information content (AvgIpc) is 3.39. The number of carbonyl (C=O) groups excluding carboxylic acids is 1. The van der Waals surface area contributed by atoms with E-state index in [0.29, 0.717) is 5.75 Å². The van der Waals surface area contributed by atoms with E-state index in [4.69, 9.17) is 0 Å². The van der Waals surface area contributed by atoms with Gasteiger partial charge in [-0.1, -0.05) is 35.5 Å². The van der Waals surface area contributed by atoms with Crippen LogP contribution in [0, 0.1) is 13.8 Å². The molecule has 0 aliphatic carbocycles. The molecule has 1 aromatic carbocycles. The van der Waals surface area contributed by atoms with Gasteiger partial charge in [0, 0.05) is 11.4 Å². The molecule has 3 heterocycles. The highest BCUT2D eigenvalue weighted by atomic mass is 32.2. The second-order valence-corrected chi connectivity index (χ2v) is 8.74. The van der Waals surface area contributed by atoms with Gasteiger partial charge in [0.15, 0.2) is 5.16 Å².